The van der Waals surface area contributed by atoms with E-state index in [0.29, 0.717) is 0 Å². The minimum absolute atomic E-state index is 0.731. The van der Waals surface area contributed by atoms with Crippen LogP contribution in [0.15, 0.2) is 0 Å². The molecule has 4 saturated carbocycles. The highest BCUT2D eigenvalue weighted by Gasteiger charge is 2.66. The van der Waals surface area contributed by atoms with Gasteiger partial charge < -0.3 is 0 Å². The van der Waals surface area contributed by atoms with Gasteiger partial charge in [0.2, 0.25) is 0 Å². The molecule has 0 aromatic carbocycles. The van der Waals surface area contributed by atoms with E-state index in [1.165, 1.54) is 77.0 Å². The van der Waals surface area contributed by atoms with Crippen LogP contribution >= 0.6 is 0 Å². The molecule has 0 aromatic rings. The predicted octanol–water partition coefficient (Wildman–Crippen LogP) is 10.6. The number of hydrogen-bond donors (Lipinski definition) is 0. The molecule has 176 valence electrons. The fourth-order valence-corrected chi connectivity index (χ4v) is 9.58. The second-order valence-electron chi connectivity index (χ2n) is 12.9. The van der Waals surface area contributed by atoms with Crippen molar-refractivity contribution in [3.8, 4) is 0 Å². The van der Waals surface area contributed by atoms with Crippen molar-refractivity contribution in [3.63, 3.8) is 0 Å². The topological polar surface area (TPSA) is 0 Å². The molecule has 4 rings (SSSR count). The van der Waals surface area contributed by atoms with Crippen molar-refractivity contribution in [1.29, 1.82) is 0 Å². The second kappa shape index (κ2) is 10.7. The Morgan fingerprint density at radius 1 is 0.333 bits per heavy atom. The summed E-state index contributed by atoms with van der Waals surface area (Å²) in [5, 5.41) is 0. The van der Waals surface area contributed by atoms with Gasteiger partial charge >= 0.3 is 0 Å². The van der Waals surface area contributed by atoms with Gasteiger partial charge in [-0.2, -0.15) is 0 Å². The van der Waals surface area contributed by atoms with E-state index in [0.717, 1.165) is 21.7 Å². The molecule has 4 bridgehead atoms. The maximum Gasteiger partial charge on any atom is -0.0282 e. The van der Waals surface area contributed by atoms with E-state index in [2.05, 4.69) is 27.7 Å². The molecular weight excluding hydrogens is 360 g/mol. The molecule has 30 heavy (non-hydrogen) atoms. The molecule has 0 N–H and O–H groups in total. The van der Waals surface area contributed by atoms with Gasteiger partial charge in [-0.25, -0.2) is 0 Å². The molecular formula is C30H56. The normalized spacial score (nSPS) is 37.2. The standard InChI is InChI=1S/C30H56/c1-5-9-13-17-27-21-28(18-14-10-6-2)24-29(22-27,19-15-11-7-3)26-30(23-27,25-28)20-16-12-8-4/h5-26H2,1-4H3. The first-order valence-electron chi connectivity index (χ1n) is 14.5. The van der Waals surface area contributed by atoms with Crippen molar-refractivity contribution in [3.05, 3.63) is 0 Å². The average molecular weight is 417 g/mol. The molecule has 4 fully saturated rings. The summed E-state index contributed by atoms with van der Waals surface area (Å²) >= 11 is 0. The van der Waals surface area contributed by atoms with Crippen LogP contribution in [0.3, 0.4) is 0 Å². The Kier molecular flexibility index (Phi) is 8.82. The summed E-state index contributed by atoms with van der Waals surface area (Å²) in [5.41, 5.74) is 2.92. The lowest BCUT2D eigenvalue weighted by molar-refractivity contribution is -0.212. The van der Waals surface area contributed by atoms with E-state index in [1.54, 1.807) is 64.2 Å². The van der Waals surface area contributed by atoms with Gasteiger partial charge in [0, 0.05) is 0 Å². The molecule has 0 heterocycles. The van der Waals surface area contributed by atoms with E-state index in [1.807, 2.05) is 0 Å². The number of rotatable bonds is 16. The smallest absolute Gasteiger partial charge is 0.0282 e. The molecule has 0 spiro atoms. The maximum absolute atomic E-state index is 2.39. The van der Waals surface area contributed by atoms with Gasteiger partial charge in [-0.05, 0) is 85.9 Å². The quantitative estimate of drug-likeness (QED) is 0.219. The fraction of sp³-hybridized carbons (Fsp3) is 1.00. The lowest BCUT2D eigenvalue weighted by Gasteiger charge is -2.72. The lowest BCUT2D eigenvalue weighted by atomic mass is 9.33. The maximum atomic E-state index is 2.39. The Hall–Kier alpha value is 0. The van der Waals surface area contributed by atoms with Crippen LogP contribution < -0.4 is 0 Å². The summed E-state index contributed by atoms with van der Waals surface area (Å²) in [6, 6.07) is 0. The van der Waals surface area contributed by atoms with Gasteiger partial charge in [0.05, 0.1) is 0 Å². The first-order chi connectivity index (χ1) is 14.5. The monoisotopic (exact) mass is 416 g/mol. The highest BCUT2D eigenvalue weighted by molar-refractivity contribution is 5.17. The highest BCUT2D eigenvalue weighted by Crippen LogP contribution is 2.77. The molecule has 0 heteroatoms. The van der Waals surface area contributed by atoms with Crippen molar-refractivity contribution in [2.75, 3.05) is 0 Å². The van der Waals surface area contributed by atoms with E-state index in [-0.39, 0.29) is 0 Å². The van der Waals surface area contributed by atoms with Gasteiger partial charge in [0.1, 0.15) is 0 Å². The van der Waals surface area contributed by atoms with Crippen molar-refractivity contribution < 1.29 is 0 Å². The Bertz CT molecular complexity index is 375. The van der Waals surface area contributed by atoms with Crippen molar-refractivity contribution in [2.24, 2.45) is 21.7 Å². The Balaban J connectivity index is 1.87. The van der Waals surface area contributed by atoms with Gasteiger partial charge in [0.15, 0.2) is 0 Å². The molecule has 0 nitrogen and oxygen atoms in total. The zero-order valence-corrected chi connectivity index (χ0v) is 21.6. The van der Waals surface area contributed by atoms with Crippen molar-refractivity contribution >= 4 is 0 Å². The van der Waals surface area contributed by atoms with E-state index < -0.39 is 0 Å². The molecule has 4 aliphatic carbocycles. The Morgan fingerprint density at radius 2 is 0.533 bits per heavy atom. The molecule has 0 radical (unpaired) electrons. The number of unbranched alkanes of at least 4 members (excludes halogenated alkanes) is 8. The lowest BCUT2D eigenvalue weighted by Crippen LogP contribution is -2.61. The van der Waals surface area contributed by atoms with Crippen LogP contribution in [0.1, 0.15) is 169 Å². The van der Waals surface area contributed by atoms with Gasteiger partial charge in [-0.3, -0.25) is 0 Å². The van der Waals surface area contributed by atoms with Crippen LogP contribution in [0.4, 0.5) is 0 Å². The molecule has 0 unspecified atom stereocenters. The van der Waals surface area contributed by atoms with E-state index >= 15 is 0 Å². The van der Waals surface area contributed by atoms with Crippen LogP contribution in [-0.4, -0.2) is 0 Å². The third-order valence-corrected chi connectivity index (χ3v) is 9.74. The summed E-state index contributed by atoms with van der Waals surface area (Å²) in [5.74, 6) is 0. The van der Waals surface area contributed by atoms with E-state index in [4.69, 9.17) is 0 Å². The Morgan fingerprint density at radius 3 is 0.700 bits per heavy atom. The second-order valence-corrected chi connectivity index (χ2v) is 12.9. The van der Waals surface area contributed by atoms with Crippen LogP contribution in [0.5, 0.6) is 0 Å². The zero-order valence-electron chi connectivity index (χ0n) is 21.6. The predicted molar refractivity (Wildman–Crippen MR) is 134 cm³/mol. The molecule has 0 aliphatic heterocycles. The summed E-state index contributed by atoms with van der Waals surface area (Å²) in [7, 11) is 0. The largest absolute Gasteiger partial charge is 0.0654 e. The van der Waals surface area contributed by atoms with Crippen LogP contribution in [0.2, 0.25) is 0 Å². The van der Waals surface area contributed by atoms with E-state index in [9.17, 15) is 0 Å². The first-order valence-corrected chi connectivity index (χ1v) is 14.5. The highest BCUT2D eigenvalue weighted by atomic mass is 14.7. The molecule has 0 aromatic heterocycles. The summed E-state index contributed by atoms with van der Waals surface area (Å²) in [6.07, 6.45) is 33.5. The first kappa shape index (κ1) is 24.6. The zero-order chi connectivity index (χ0) is 21.6. The SMILES string of the molecule is CCCCCC12CC3(CCCCC)CC(CCCCC)(C1)CC(CCCCC)(C2)C3. The summed E-state index contributed by atoms with van der Waals surface area (Å²) in [6.45, 7) is 9.57. The summed E-state index contributed by atoms with van der Waals surface area (Å²) in [4.78, 5) is 0. The van der Waals surface area contributed by atoms with Crippen LogP contribution in [0, 0.1) is 21.7 Å². The molecule has 0 atom stereocenters. The third-order valence-electron chi connectivity index (χ3n) is 9.74. The van der Waals surface area contributed by atoms with Gasteiger partial charge in [-0.1, -0.05) is 105 Å². The van der Waals surface area contributed by atoms with Crippen LogP contribution in [-0.2, 0) is 0 Å². The minimum atomic E-state index is 0.731. The Labute approximate surface area is 190 Å². The number of hydrogen-bond acceptors (Lipinski definition) is 0. The van der Waals surface area contributed by atoms with Crippen LogP contribution in [0.25, 0.3) is 0 Å². The van der Waals surface area contributed by atoms with Gasteiger partial charge in [0.25, 0.3) is 0 Å². The van der Waals surface area contributed by atoms with Crippen molar-refractivity contribution in [1.82, 2.24) is 0 Å². The molecule has 4 aliphatic rings. The van der Waals surface area contributed by atoms with Crippen molar-refractivity contribution in [2.45, 2.75) is 169 Å². The summed E-state index contributed by atoms with van der Waals surface area (Å²) < 4.78 is 0. The van der Waals surface area contributed by atoms with Gasteiger partial charge in [-0.15, -0.1) is 0 Å². The minimum Gasteiger partial charge on any atom is -0.0654 e. The third kappa shape index (κ3) is 5.67. The molecule has 0 amide bonds. The molecule has 0 saturated heterocycles. The fourth-order valence-electron chi connectivity index (χ4n) is 9.58. The average Bonchev–Trinajstić information content (AvgIpc) is 2.67.